The molecule has 0 heterocycles. The summed E-state index contributed by atoms with van der Waals surface area (Å²) in [6, 6.07) is 9.96. The highest BCUT2D eigenvalue weighted by Crippen LogP contribution is 2.14. The van der Waals surface area contributed by atoms with Crippen LogP contribution in [-0.4, -0.2) is 21.0 Å². The number of thiocarbonyl (C=S) groups is 1. The molecule has 1 aromatic rings. The first-order chi connectivity index (χ1) is 7.59. The topological polar surface area (TPSA) is 37.3 Å². The second-order valence-electron chi connectivity index (χ2n) is 3.58. The van der Waals surface area contributed by atoms with Crippen LogP contribution in [0, 0.1) is 5.92 Å². The first kappa shape index (κ1) is 13.2. The van der Waals surface area contributed by atoms with Crippen molar-refractivity contribution in [1.29, 1.82) is 0 Å². The fourth-order valence-corrected chi connectivity index (χ4v) is 2.32. The second-order valence-corrected chi connectivity index (χ2v) is 5.45. The minimum Gasteiger partial charge on any atom is -0.481 e. The van der Waals surface area contributed by atoms with Gasteiger partial charge in [0.05, 0.1) is 10.1 Å². The lowest BCUT2D eigenvalue weighted by molar-refractivity contribution is -0.140. The summed E-state index contributed by atoms with van der Waals surface area (Å²) in [4.78, 5) is 10.6. The van der Waals surface area contributed by atoms with Crippen LogP contribution in [0.4, 0.5) is 0 Å². The Hall–Kier alpha value is -0.870. The largest absolute Gasteiger partial charge is 0.481 e. The molecule has 0 saturated heterocycles. The Morgan fingerprint density at radius 1 is 1.44 bits per heavy atom. The number of carbonyl (C=O) groups is 1. The number of rotatable bonds is 5. The predicted octanol–water partition coefficient (Wildman–Crippen LogP) is 3.01. The molecule has 0 bridgehead atoms. The van der Waals surface area contributed by atoms with Gasteiger partial charge in [-0.3, -0.25) is 4.79 Å². The molecule has 86 valence electrons. The number of hydrogen-bond acceptors (Lipinski definition) is 3. The Kier molecular flexibility index (Phi) is 5.49. The van der Waals surface area contributed by atoms with Crippen LogP contribution in [-0.2, 0) is 11.2 Å². The normalized spacial score (nSPS) is 12.1. The number of benzene rings is 1. The quantitative estimate of drug-likeness (QED) is 0.820. The lowest BCUT2D eigenvalue weighted by atomic mass is 10.2. The van der Waals surface area contributed by atoms with Crippen molar-refractivity contribution in [2.45, 2.75) is 13.3 Å². The van der Waals surface area contributed by atoms with E-state index >= 15 is 0 Å². The maximum absolute atomic E-state index is 10.6. The zero-order chi connectivity index (χ0) is 12.0. The zero-order valence-corrected chi connectivity index (χ0v) is 10.7. The number of carboxylic acids is 1. The third-order valence-electron chi connectivity index (χ3n) is 2.11. The van der Waals surface area contributed by atoms with Crippen LogP contribution in [0.1, 0.15) is 12.5 Å². The van der Waals surface area contributed by atoms with Gasteiger partial charge in [-0.1, -0.05) is 49.5 Å². The molecular formula is C12H14O2S2. The van der Waals surface area contributed by atoms with E-state index in [0.717, 1.165) is 10.6 Å². The molecule has 0 aliphatic rings. The number of hydrogen-bond donors (Lipinski definition) is 1. The van der Waals surface area contributed by atoms with Crippen molar-refractivity contribution in [3.63, 3.8) is 0 Å². The van der Waals surface area contributed by atoms with E-state index in [0.29, 0.717) is 5.75 Å². The molecule has 16 heavy (non-hydrogen) atoms. The summed E-state index contributed by atoms with van der Waals surface area (Å²) in [5, 5.41) is 8.73. The Morgan fingerprint density at radius 3 is 2.62 bits per heavy atom. The van der Waals surface area contributed by atoms with Gasteiger partial charge >= 0.3 is 5.97 Å². The molecule has 0 amide bonds. The van der Waals surface area contributed by atoms with Gasteiger partial charge in [0, 0.05) is 12.2 Å². The number of aliphatic carboxylic acids is 1. The molecule has 0 spiro atoms. The van der Waals surface area contributed by atoms with Gasteiger partial charge < -0.3 is 5.11 Å². The molecule has 2 nitrogen and oxygen atoms in total. The van der Waals surface area contributed by atoms with Crippen LogP contribution in [0.3, 0.4) is 0 Å². The van der Waals surface area contributed by atoms with Gasteiger partial charge in [-0.15, -0.1) is 11.8 Å². The van der Waals surface area contributed by atoms with Gasteiger partial charge in [-0.05, 0) is 5.56 Å². The lowest BCUT2D eigenvalue weighted by Gasteiger charge is -2.06. The highest BCUT2D eigenvalue weighted by Gasteiger charge is 2.11. The summed E-state index contributed by atoms with van der Waals surface area (Å²) >= 11 is 6.67. The van der Waals surface area contributed by atoms with Crippen molar-refractivity contribution < 1.29 is 9.90 Å². The van der Waals surface area contributed by atoms with Gasteiger partial charge in [-0.25, -0.2) is 0 Å². The maximum atomic E-state index is 10.6. The summed E-state index contributed by atoms with van der Waals surface area (Å²) in [5.41, 5.74) is 1.17. The first-order valence-corrected chi connectivity index (χ1v) is 6.41. The van der Waals surface area contributed by atoms with E-state index in [2.05, 4.69) is 0 Å². The molecule has 4 heteroatoms. The standard InChI is InChI=1S/C12H14O2S2/c1-9(12(13)14)8-16-11(15)7-10-5-3-2-4-6-10/h2-6,9H,7-8H2,1H3,(H,13,14). The Bertz CT molecular complexity index is 363. The lowest BCUT2D eigenvalue weighted by Crippen LogP contribution is -2.13. The monoisotopic (exact) mass is 254 g/mol. The van der Waals surface area contributed by atoms with Crippen molar-refractivity contribution in [1.82, 2.24) is 0 Å². The van der Waals surface area contributed by atoms with E-state index in [9.17, 15) is 4.79 Å². The smallest absolute Gasteiger partial charge is 0.307 e. The summed E-state index contributed by atoms with van der Waals surface area (Å²) in [7, 11) is 0. The number of carboxylic acid groups (broad SMARTS) is 1. The average Bonchev–Trinajstić information content (AvgIpc) is 2.27. The van der Waals surface area contributed by atoms with Crippen LogP contribution >= 0.6 is 24.0 Å². The van der Waals surface area contributed by atoms with Crippen molar-refractivity contribution in [3.05, 3.63) is 35.9 Å². The van der Waals surface area contributed by atoms with Crippen LogP contribution in [0.25, 0.3) is 0 Å². The Balaban J connectivity index is 2.35. The molecule has 0 aliphatic carbocycles. The molecule has 1 rings (SSSR count). The van der Waals surface area contributed by atoms with E-state index < -0.39 is 5.97 Å². The Morgan fingerprint density at radius 2 is 2.06 bits per heavy atom. The molecule has 0 aliphatic heterocycles. The fraction of sp³-hybridized carbons (Fsp3) is 0.333. The van der Waals surface area contributed by atoms with Crippen LogP contribution in [0.5, 0.6) is 0 Å². The van der Waals surface area contributed by atoms with Crippen LogP contribution in [0.2, 0.25) is 0 Å². The highest BCUT2D eigenvalue weighted by molar-refractivity contribution is 8.23. The maximum Gasteiger partial charge on any atom is 0.307 e. The zero-order valence-electron chi connectivity index (χ0n) is 9.05. The minimum absolute atomic E-state index is 0.348. The van der Waals surface area contributed by atoms with E-state index in [4.69, 9.17) is 17.3 Å². The van der Waals surface area contributed by atoms with E-state index in [1.54, 1.807) is 6.92 Å². The number of thioether (sulfide) groups is 1. The molecule has 0 aromatic heterocycles. The van der Waals surface area contributed by atoms with E-state index in [1.165, 1.54) is 17.3 Å². The second kappa shape index (κ2) is 6.66. The van der Waals surface area contributed by atoms with E-state index in [1.807, 2.05) is 30.3 Å². The molecule has 0 fully saturated rings. The highest BCUT2D eigenvalue weighted by atomic mass is 32.2. The molecule has 1 aromatic carbocycles. The van der Waals surface area contributed by atoms with Crippen molar-refractivity contribution in [3.8, 4) is 0 Å². The summed E-state index contributed by atoms with van der Waals surface area (Å²) < 4.78 is 0.847. The van der Waals surface area contributed by atoms with Gasteiger partial charge in [0.25, 0.3) is 0 Å². The molecule has 0 saturated carbocycles. The Labute approximate surface area is 105 Å². The predicted molar refractivity (Wildman–Crippen MR) is 72.0 cm³/mol. The molecular weight excluding hydrogens is 240 g/mol. The summed E-state index contributed by atoms with van der Waals surface area (Å²) in [5.74, 6) is -0.574. The van der Waals surface area contributed by atoms with Crippen LogP contribution in [0.15, 0.2) is 30.3 Å². The van der Waals surface area contributed by atoms with Crippen LogP contribution < -0.4 is 0 Å². The SMILES string of the molecule is CC(CSC(=S)Cc1ccccc1)C(=O)O. The molecule has 1 atom stereocenters. The fourth-order valence-electron chi connectivity index (χ4n) is 1.10. The summed E-state index contributed by atoms with van der Waals surface area (Å²) in [6.45, 7) is 1.69. The minimum atomic E-state index is -0.769. The van der Waals surface area contributed by atoms with Crippen molar-refractivity contribution >= 4 is 34.1 Å². The molecule has 1 unspecified atom stereocenters. The third-order valence-corrected chi connectivity index (χ3v) is 3.74. The van der Waals surface area contributed by atoms with E-state index in [-0.39, 0.29) is 5.92 Å². The van der Waals surface area contributed by atoms with Gasteiger partial charge in [-0.2, -0.15) is 0 Å². The molecule has 1 N–H and O–H groups in total. The van der Waals surface area contributed by atoms with Crippen molar-refractivity contribution in [2.24, 2.45) is 5.92 Å². The third kappa shape index (κ3) is 4.77. The summed E-state index contributed by atoms with van der Waals surface area (Å²) in [6.07, 6.45) is 0.729. The molecule has 0 radical (unpaired) electrons. The average molecular weight is 254 g/mol. The van der Waals surface area contributed by atoms with Crippen molar-refractivity contribution in [2.75, 3.05) is 5.75 Å². The van der Waals surface area contributed by atoms with Gasteiger partial charge in [0.15, 0.2) is 0 Å². The van der Waals surface area contributed by atoms with Gasteiger partial charge in [0.2, 0.25) is 0 Å². The van der Waals surface area contributed by atoms with Gasteiger partial charge in [0.1, 0.15) is 0 Å². The first-order valence-electron chi connectivity index (χ1n) is 5.02.